The SMILES string of the molecule is CCOc1cc(/C=C2\N=C(c3cccc(Br)c3)OC2=O)ccc1OCc1ccc(Cl)cc1. The molecule has 1 aliphatic rings. The Labute approximate surface area is 199 Å². The zero-order valence-corrected chi connectivity index (χ0v) is 19.5. The van der Waals surface area contributed by atoms with Crippen molar-refractivity contribution in [1.82, 2.24) is 0 Å². The van der Waals surface area contributed by atoms with Crippen molar-refractivity contribution in [2.75, 3.05) is 6.61 Å². The van der Waals surface area contributed by atoms with Crippen molar-refractivity contribution in [1.29, 1.82) is 0 Å². The van der Waals surface area contributed by atoms with E-state index in [1.165, 1.54) is 0 Å². The predicted molar refractivity (Wildman–Crippen MR) is 128 cm³/mol. The van der Waals surface area contributed by atoms with Crippen molar-refractivity contribution in [3.05, 3.63) is 98.6 Å². The fraction of sp³-hybridized carbons (Fsp3) is 0.120. The number of hydrogen-bond acceptors (Lipinski definition) is 5. The minimum atomic E-state index is -0.499. The van der Waals surface area contributed by atoms with E-state index in [-0.39, 0.29) is 11.6 Å². The maximum absolute atomic E-state index is 12.3. The number of benzene rings is 3. The van der Waals surface area contributed by atoms with Gasteiger partial charge in [0, 0.05) is 15.1 Å². The monoisotopic (exact) mass is 511 g/mol. The lowest BCUT2D eigenvalue weighted by atomic mass is 10.1. The second-order valence-electron chi connectivity index (χ2n) is 6.90. The Morgan fingerprint density at radius 3 is 2.59 bits per heavy atom. The van der Waals surface area contributed by atoms with Gasteiger partial charge in [0.1, 0.15) is 6.61 Å². The molecule has 7 heteroatoms. The number of carbonyl (C=O) groups excluding carboxylic acids is 1. The summed E-state index contributed by atoms with van der Waals surface area (Å²) in [5.41, 5.74) is 2.68. The van der Waals surface area contributed by atoms with Gasteiger partial charge in [-0.1, -0.05) is 51.8 Å². The molecule has 0 spiro atoms. The number of rotatable bonds is 7. The molecule has 1 aliphatic heterocycles. The highest BCUT2D eigenvalue weighted by atomic mass is 79.9. The van der Waals surface area contributed by atoms with Gasteiger partial charge in [-0.15, -0.1) is 0 Å². The van der Waals surface area contributed by atoms with Crippen LogP contribution in [-0.4, -0.2) is 18.5 Å². The molecule has 3 aromatic rings. The summed E-state index contributed by atoms with van der Waals surface area (Å²) >= 11 is 9.34. The van der Waals surface area contributed by atoms with Crippen molar-refractivity contribution >= 4 is 45.5 Å². The normalized spacial score (nSPS) is 14.3. The zero-order chi connectivity index (χ0) is 22.5. The molecule has 0 amide bonds. The van der Waals surface area contributed by atoms with E-state index in [0.717, 1.165) is 21.2 Å². The van der Waals surface area contributed by atoms with Gasteiger partial charge in [-0.05, 0) is 66.6 Å². The van der Waals surface area contributed by atoms with Gasteiger partial charge in [-0.3, -0.25) is 0 Å². The van der Waals surface area contributed by atoms with Crippen LogP contribution < -0.4 is 9.47 Å². The molecule has 0 atom stereocenters. The van der Waals surface area contributed by atoms with Crippen LogP contribution in [0.15, 0.2) is 81.9 Å². The lowest BCUT2D eigenvalue weighted by Gasteiger charge is -2.13. The topological polar surface area (TPSA) is 57.1 Å². The Balaban J connectivity index is 1.55. The summed E-state index contributed by atoms with van der Waals surface area (Å²) in [6.07, 6.45) is 1.67. The largest absolute Gasteiger partial charge is 0.490 e. The number of halogens is 2. The van der Waals surface area contributed by atoms with E-state index < -0.39 is 5.97 Å². The number of cyclic esters (lactones) is 1. The molecule has 0 bridgehead atoms. The molecule has 0 fully saturated rings. The van der Waals surface area contributed by atoms with Crippen molar-refractivity contribution in [2.24, 2.45) is 4.99 Å². The molecule has 0 aromatic heterocycles. The van der Waals surface area contributed by atoms with Gasteiger partial charge in [0.05, 0.1) is 6.61 Å². The van der Waals surface area contributed by atoms with Crippen molar-refractivity contribution in [2.45, 2.75) is 13.5 Å². The van der Waals surface area contributed by atoms with Crippen LogP contribution in [-0.2, 0) is 16.1 Å². The van der Waals surface area contributed by atoms with Gasteiger partial charge in [-0.2, -0.15) is 0 Å². The van der Waals surface area contributed by atoms with Gasteiger partial charge in [0.25, 0.3) is 0 Å². The first-order chi connectivity index (χ1) is 15.5. The predicted octanol–water partition coefficient (Wildman–Crippen LogP) is 6.42. The van der Waals surface area contributed by atoms with Crippen LogP contribution in [0, 0.1) is 0 Å². The van der Waals surface area contributed by atoms with Crippen molar-refractivity contribution in [3.63, 3.8) is 0 Å². The van der Waals surface area contributed by atoms with Crippen LogP contribution in [0.2, 0.25) is 5.02 Å². The van der Waals surface area contributed by atoms with Crippen LogP contribution in [0.4, 0.5) is 0 Å². The molecule has 0 aliphatic carbocycles. The highest BCUT2D eigenvalue weighted by molar-refractivity contribution is 9.10. The number of aliphatic imine (C=N–C) groups is 1. The van der Waals surface area contributed by atoms with E-state index >= 15 is 0 Å². The molecule has 1 heterocycles. The average Bonchev–Trinajstić information content (AvgIpc) is 3.15. The molecule has 0 N–H and O–H groups in total. The lowest BCUT2D eigenvalue weighted by molar-refractivity contribution is -0.129. The summed E-state index contributed by atoms with van der Waals surface area (Å²) in [4.78, 5) is 16.7. The minimum Gasteiger partial charge on any atom is -0.490 e. The molecular formula is C25H19BrClNO4. The van der Waals surface area contributed by atoms with Crippen LogP contribution in [0.25, 0.3) is 6.08 Å². The van der Waals surface area contributed by atoms with E-state index in [1.54, 1.807) is 6.08 Å². The first-order valence-electron chi connectivity index (χ1n) is 9.94. The van der Waals surface area contributed by atoms with E-state index in [4.69, 9.17) is 25.8 Å². The second kappa shape index (κ2) is 10.0. The van der Waals surface area contributed by atoms with Gasteiger partial charge < -0.3 is 14.2 Å². The van der Waals surface area contributed by atoms with E-state index in [0.29, 0.717) is 29.7 Å². The third kappa shape index (κ3) is 5.39. The first-order valence-corrected chi connectivity index (χ1v) is 11.1. The maximum atomic E-state index is 12.3. The van der Waals surface area contributed by atoms with E-state index in [2.05, 4.69) is 20.9 Å². The van der Waals surface area contributed by atoms with Crippen molar-refractivity contribution in [3.8, 4) is 11.5 Å². The Hall–Kier alpha value is -3.09. The Morgan fingerprint density at radius 1 is 1.03 bits per heavy atom. The molecule has 0 saturated carbocycles. The summed E-state index contributed by atoms with van der Waals surface area (Å²) in [5, 5.41) is 0.678. The maximum Gasteiger partial charge on any atom is 0.363 e. The molecule has 4 rings (SSSR count). The number of ether oxygens (including phenoxy) is 3. The van der Waals surface area contributed by atoms with Gasteiger partial charge in [0.15, 0.2) is 17.2 Å². The Bertz CT molecular complexity index is 1200. The van der Waals surface area contributed by atoms with Crippen LogP contribution in [0.5, 0.6) is 11.5 Å². The Kier molecular flexibility index (Phi) is 6.93. The molecule has 0 radical (unpaired) electrons. The van der Waals surface area contributed by atoms with Crippen LogP contribution >= 0.6 is 27.5 Å². The van der Waals surface area contributed by atoms with E-state index in [9.17, 15) is 4.79 Å². The third-order valence-electron chi connectivity index (χ3n) is 4.57. The molecule has 5 nitrogen and oxygen atoms in total. The highest BCUT2D eigenvalue weighted by Gasteiger charge is 2.24. The molecular weight excluding hydrogens is 494 g/mol. The van der Waals surface area contributed by atoms with Crippen LogP contribution in [0.1, 0.15) is 23.6 Å². The quantitative estimate of drug-likeness (QED) is 0.271. The van der Waals surface area contributed by atoms with Crippen molar-refractivity contribution < 1.29 is 19.0 Å². The zero-order valence-electron chi connectivity index (χ0n) is 17.2. The molecule has 162 valence electrons. The summed E-state index contributed by atoms with van der Waals surface area (Å²) in [5.74, 6) is 0.964. The fourth-order valence-corrected chi connectivity index (χ4v) is 3.58. The first kappa shape index (κ1) is 22.1. The van der Waals surface area contributed by atoms with E-state index in [1.807, 2.05) is 73.7 Å². The second-order valence-corrected chi connectivity index (χ2v) is 8.25. The fourth-order valence-electron chi connectivity index (χ4n) is 3.06. The molecule has 0 saturated heterocycles. The number of esters is 1. The summed E-state index contributed by atoms with van der Waals surface area (Å²) in [6, 6.07) is 20.4. The number of nitrogens with zero attached hydrogens (tertiary/aromatic N) is 1. The van der Waals surface area contributed by atoms with Gasteiger partial charge in [0.2, 0.25) is 5.90 Å². The van der Waals surface area contributed by atoms with Crippen LogP contribution in [0.3, 0.4) is 0 Å². The van der Waals surface area contributed by atoms with Gasteiger partial charge >= 0.3 is 5.97 Å². The smallest absolute Gasteiger partial charge is 0.363 e. The average molecular weight is 513 g/mol. The Morgan fingerprint density at radius 2 is 1.84 bits per heavy atom. The molecule has 32 heavy (non-hydrogen) atoms. The molecule has 0 unspecified atom stereocenters. The highest BCUT2D eigenvalue weighted by Crippen LogP contribution is 2.31. The number of carbonyl (C=O) groups is 1. The summed E-state index contributed by atoms with van der Waals surface area (Å²) in [7, 11) is 0. The number of hydrogen-bond donors (Lipinski definition) is 0. The molecule has 3 aromatic carbocycles. The minimum absolute atomic E-state index is 0.220. The lowest BCUT2D eigenvalue weighted by Crippen LogP contribution is -2.05. The summed E-state index contributed by atoms with van der Waals surface area (Å²) < 4.78 is 17.9. The van der Waals surface area contributed by atoms with Gasteiger partial charge in [-0.25, -0.2) is 9.79 Å². The third-order valence-corrected chi connectivity index (χ3v) is 5.32. The standard InChI is InChI=1S/C25H19BrClNO4/c1-2-30-23-13-17(8-11-22(23)31-15-16-6-9-20(27)10-7-16)12-21-25(29)32-24(28-21)18-4-3-5-19(26)14-18/h3-14H,2,15H2,1H3/b21-12-. The summed E-state index contributed by atoms with van der Waals surface area (Å²) in [6.45, 7) is 2.76.